The minimum absolute atomic E-state index is 0.0360. The van der Waals surface area contributed by atoms with Gasteiger partial charge in [0.05, 0.1) is 5.39 Å². The number of fused-ring (bicyclic) bond motifs is 3. The van der Waals surface area contributed by atoms with Gasteiger partial charge in [0.2, 0.25) is 5.95 Å². The van der Waals surface area contributed by atoms with Gasteiger partial charge >= 0.3 is 0 Å². The van der Waals surface area contributed by atoms with Crippen LogP contribution in [0, 0.1) is 18.6 Å². The summed E-state index contributed by atoms with van der Waals surface area (Å²) in [4.78, 5) is 23.5. The topological polar surface area (TPSA) is 107 Å². The largest absolute Gasteiger partial charge is 0.368 e. The number of aromatic nitrogens is 6. The van der Waals surface area contributed by atoms with E-state index in [0.29, 0.717) is 18.1 Å². The second-order valence-electron chi connectivity index (χ2n) is 8.33. The summed E-state index contributed by atoms with van der Waals surface area (Å²) in [7, 11) is 1.80. The predicted molar refractivity (Wildman–Crippen MR) is 113 cm³/mol. The minimum Gasteiger partial charge on any atom is -0.368 e. The number of likely N-dealkylation sites (tertiary alicyclic amines) is 1. The van der Waals surface area contributed by atoms with Crippen molar-refractivity contribution in [2.45, 2.75) is 38.6 Å². The van der Waals surface area contributed by atoms with Gasteiger partial charge in [-0.2, -0.15) is 9.61 Å². The third-order valence-corrected chi connectivity index (χ3v) is 6.18. The maximum absolute atomic E-state index is 14.2. The number of nitrogen functional groups attached to an aromatic ring is 1. The monoisotopic (exact) mass is 440 g/mol. The number of carbonyl (C=O) groups is 1. The number of nitrogens with zero attached hydrogens (tertiary/aromatic N) is 7. The number of aryl methyl sites for hydroxylation is 2. The van der Waals surface area contributed by atoms with E-state index in [1.54, 1.807) is 22.7 Å². The maximum atomic E-state index is 14.2. The van der Waals surface area contributed by atoms with Crippen molar-refractivity contribution in [1.29, 1.82) is 0 Å². The summed E-state index contributed by atoms with van der Waals surface area (Å²) in [5, 5.41) is 8.97. The number of hydrogen-bond acceptors (Lipinski definition) is 6. The Hall–Kier alpha value is -3.63. The van der Waals surface area contributed by atoms with Crippen LogP contribution in [0.2, 0.25) is 0 Å². The number of piperidine rings is 1. The molecule has 0 unspecified atom stereocenters. The van der Waals surface area contributed by atoms with Gasteiger partial charge in [-0.1, -0.05) is 0 Å². The van der Waals surface area contributed by atoms with Crippen LogP contribution in [-0.4, -0.2) is 52.8 Å². The van der Waals surface area contributed by atoms with E-state index < -0.39 is 11.6 Å². The van der Waals surface area contributed by atoms with Crippen LogP contribution in [0.25, 0.3) is 16.6 Å². The highest BCUT2D eigenvalue weighted by Gasteiger charge is 2.33. The van der Waals surface area contributed by atoms with Crippen molar-refractivity contribution in [3.8, 4) is 0 Å². The zero-order chi connectivity index (χ0) is 22.7. The molecule has 4 heterocycles. The quantitative estimate of drug-likeness (QED) is 0.513. The van der Waals surface area contributed by atoms with Gasteiger partial charge in [0.25, 0.3) is 5.91 Å². The van der Waals surface area contributed by atoms with Gasteiger partial charge < -0.3 is 10.6 Å². The molecule has 1 aliphatic heterocycles. The molecule has 1 aromatic carbocycles. The fourth-order valence-corrected chi connectivity index (χ4v) is 4.26. The summed E-state index contributed by atoms with van der Waals surface area (Å²) in [6.45, 7) is 4.30. The lowest BCUT2D eigenvalue weighted by Gasteiger charge is -2.36. The van der Waals surface area contributed by atoms with E-state index in [1.807, 2.05) is 13.8 Å². The highest BCUT2D eigenvalue weighted by molar-refractivity contribution is 5.93. The molecule has 0 saturated carbocycles. The highest BCUT2D eigenvalue weighted by atomic mass is 19.1. The van der Waals surface area contributed by atoms with Gasteiger partial charge in [-0.15, -0.1) is 5.10 Å². The molecule has 2 atom stereocenters. The van der Waals surface area contributed by atoms with Crippen LogP contribution in [0.1, 0.15) is 47.7 Å². The average molecular weight is 440 g/mol. The Balaban J connectivity index is 1.53. The van der Waals surface area contributed by atoms with Crippen LogP contribution in [0.15, 0.2) is 18.2 Å². The van der Waals surface area contributed by atoms with E-state index >= 15 is 0 Å². The van der Waals surface area contributed by atoms with Crippen LogP contribution >= 0.6 is 0 Å². The molecule has 5 rings (SSSR count). The molecule has 11 heteroatoms. The number of carbonyl (C=O) groups excluding carboxylic acids is 1. The third kappa shape index (κ3) is 3.15. The Kier molecular flexibility index (Phi) is 4.57. The molecule has 3 aromatic heterocycles. The standard InChI is InChI=1S/C21H22F2N8O/c1-10-4-5-12(9-30(10)20(32)16-6-11(2)29(3)27-16)18-26-19-14-7-13(22)8-15(23)17(14)25-21(24)31(19)28-18/h6-8,10,12H,4-5,9H2,1-3H3,(H2,24,25)/t10-,12+/m0/s1. The minimum atomic E-state index is -0.812. The van der Waals surface area contributed by atoms with Gasteiger partial charge in [-0.25, -0.2) is 18.7 Å². The summed E-state index contributed by atoms with van der Waals surface area (Å²) in [6, 6.07) is 3.73. The van der Waals surface area contributed by atoms with Crippen molar-refractivity contribution in [1.82, 2.24) is 34.3 Å². The number of benzene rings is 1. The molecular formula is C21H22F2N8O. The predicted octanol–water partition coefficient (Wildman–Crippen LogP) is 2.59. The molecule has 0 spiro atoms. The van der Waals surface area contributed by atoms with Crippen molar-refractivity contribution >= 4 is 28.4 Å². The lowest BCUT2D eigenvalue weighted by atomic mass is 9.92. The molecule has 1 saturated heterocycles. The molecule has 166 valence electrons. The molecule has 1 amide bonds. The molecule has 0 radical (unpaired) electrons. The first-order valence-electron chi connectivity index (χ1n) is 10.4. The van der Waals surface area contributed by atoms with E-state index in [2.05, 4.69) is 20.2 Å². The van der Waals surface area contributed by atoms with Crippen LogP contribution in [-0.2, 0) is 7.05 Å². The van der Waals surface area contributed by atoms with Crippen molar-refractivity contribution in [3.05, 3.63) is 47.0 Å². The zero-order valence-electron chi connectivity index (χ0n) is 17.9. The lowest BCUT2D eigenvalue weighted by molar-refractivity contribution is 0.0599. The third-order valence-electron chi connectivity index (χ3n) is 6.18. The fraction of sp³-hybridized carbons (Fsp3) is 0.381. The Morgan fingerprint density at radius 1 is 1.16 bits per heavy atom. The summed E-state index contributed by atoms with van der Waals surface area (Å²) in [5.74, 6) is -1.44. The smallest absolute Gasteiger partial charge is 0.274 e. The van der Waals surface area contributed by atoms with Crippen molar-refractivity contribution in [3.63, 3.8) is 0 Å². The lowest BCUT2D eigenvalue weighted by Crippen LogP contribution is -2.45. The van der Waals surface area contributed by atoms with Crippen molar-refractivity contribution in [2.24, 2.45) is 7.05 Å². The summed E-state index contributed by atoms with van der Waals surface area (Å²) in [6.07, 6.45) is 1.52. The second-order valence-corrected chi connectivity index (χ2v) is 8.33. The molecule has 2 N–H and O–H groups in total. The Labute approximate surface area is 181 Å². The Morgan fingerprint density at radius 2 is 1.94 bits per heavy atom. The first-order chi connectivity index (χ1) is 15.2. The van der Waals surface area contributed by atoms with Crippen LogP contribution in [0.5, 0.6) is 0 Å². The van der Waals surface area contributed by atoms with E-state index in [-0.39, 0.29) is 40.4 Å². The van der Waals surface area contributed by atoms with E-state index in [0.717, 1.165) is 24.6 Å². The molecule has 4 aromatic rings. The van der Waals surface area contributed by atoms with Gasteiger partial charge in [0, 0.05) is 37.3 Å². The van der Waals surface area contributed by atoms with Gasteiger partial charge in [0.15, 0.2) is 23.0 Å². The molecule has 32 heavy (non-hydrogen) atoms. The number of anilines is 1. The first-order valence-corrected chi connectivity index (χ1v) is 10.4. The molecular weight excluding hydrogens is 418 g/mol. The maximum Gasteiger partial charge on any atom is 0.274 e. The number of halogens is 2. The first kappa shape index (κ1) is 20.3. The zero-order valence-corrected chi connectivity index (χ0v) is 17.9. The highest BCUT2D eigenvalue weighted by Crippen LogP contribution is 2.31. The van der Waals surface area contributed by atoms with Gasteiger partial charge in [-0.3, -0.25) is 9.48 Å². The number of rotatable bonds is 2. The van der Waals surface area contributed by atoms with Crippen LogP contribution in [0.4, 0.5) is 14.7 Å². The summed E-state index contributed by atoms with van der Waals surface area (Å²) >= 11 is 0. The molecule has 1 fully saturated rings. The summed E-state index contributed by atoms with van der Waals surface area (Å²) < 4.78 is 31.0. The SMILES string of the molecule is Cc1cc(C(=O)N2C[C@H](c3nc4c5cc(F)cc(F)c5nc(N)n4n3)CC[C@@H]2C)nn1C. The average Bonchev–Trinajstić information content (AvgIpc) is 3.34. The van der Waals surface area contributed by atoms with Gasteiger partial charge in [0.1, 0.15) is 11.3 Å². The van der Waals surface area contributed by atoms with Crippen LogP contribution < -0.4 is 5.73 Å². The van der Waals surface area contributed by atoms with Crippen molar-refractivity contribution in [2.75, 3.05) is 12.3 Å². The number of amides is 1. The normalized spacial score (nSPS) is 19.2. The molecule has 9 nitrogen and oxygen atoms in total. The van der Waals surface area contributed by atoms with E-state index in [1.165, 1.54) is 10.6 Å². The number of nitrogens with two attached hydrogens (primary N) is 1. The Bertz CT molecular complexity index is 1360. The Morgan fingerprint density at radius 3 is 2.66 bits per heavy atom. The second kappa shape index (κ2) is 7.21. The fourth-order valence-electron chi connectivity index (χ4n) is 4.26. The summed E-state index contributed by atoms with van der Waals surface area (Å²) in [5.41, 5.74) is 7.44. The van der Waals surface area contributed by atoms with Crippen molar-refractivity contribution < 1.29 is 13.6 Å². The van der Waals surface area contributed by atoms with E-state index in [4.69, 9.17) is 5.73 Å². The molecule has 0 aliphatic carbocycles. The van der Waals surface area contributed by atoms with Crippen LogP contribution in [0.3, 0.4) is 0 Å². The van der Waals surface area contributed by atoms with E-state index in [9.17, 15) is 13.6 Å². The number of hydrogen-bond donors (Lipinski definition) is 1. The molecule has 0 bridgehead atoms. The molecule has 1 aliphatic rings. The van der Waals surface area contributed by atoms with Gasteiger partial charge in [-0.05, 0) is 38.8 Å².